The average Bonchev–Trinajstić information content (AvgIpc) is 2.77. The lowest BCUT2D eigenvalue weighted by Crippen LogP contribution is -2.41. The van der Waals surface area contributed by atoms with Crippen LogP contribution < -0.4 is 9.64 Å². The summed E-state index contributed by atoms with van der Waals surface area (Å²) in [5, 5.41) is 11.0. The third-order valence-corrected chi connectivity index (χ3v) is 4.79. The summed E-state index contributed by atoms with van der Waals surface area (Å²) in [5.74, 6) is 0.00797. The first-order valence-corrected chi connectivity index (χ1v) is 8.61. The van der Waals surface area contributed by atoms with Crippen molar-refractivity contribution in [3.05, 3.63) is 58.1 Å². The zero-order valence-electron chi connectivity index (χ0n) is 14.0. The molecule has 130 valence electrons. The maximum absolute atomic E-state index is 12.9. The van der Waals surface area contributed by atoms with Crippen LogP contribution in [0.3, 0.4) is 0 Å². The highest BCUT2D eigenvalue weighted by Crippen LogP contribution is 2.44. The summed E-state index contributed by atoms with van der Waals surface area (Å²) < 4.78 is 5.89. The van der Waals surface area contributed by atoms with E-state index in [0.717, 1.165) is 15.8 Å². The SMILES string of the molecule is COc1ccc(CN2C(=O)[C@](O)(CC(C)=O)c3cc(Br)ccc32)cc1. The number of rotatable bonds is 5. The van der Waals surface area contributed by atoms with Crippen molar-refractivity contribution in [1.82, 2.24) is 0 Å². The molecule has 0 spiro atoms. The van der Waals surface area contributed by atoms with Crippen LogP contribution in [-0.4, -0.2) is 23.9 Å². The summed E-state index contributed by atoms with van der Waals surface area (Å²) in [4.78, 5) is 26.1. The lowest BCUT2D eigenvalue weighted by molar-refractivity contribution is -0.141. The van der Waals surface area contributed by atoms with Gasteiger partial charge in [0.15, 0.2) is 5.60 Å². The number of nitrogens with zero attached hydrogens (tertiary/aromatic N) is 1. The number of carbonyl (C=O) groups excluding carboxylic acids is 2. The van der Waals surface area contributed by atoms with Gasteiger partial charge < -0.3 is 14.7 Å². The molecule has 0 saturated heterocycles. The monoisotopic (exact) mass is 403 g/mol. The quantitative estimate of drug-likeness (QED) is 0.832. The first-order valence-electron chi connectivity index (χ1n) is 7.82. The van der Waals surface area contributed by atoms with Crippen LogP contribution in [0.2, 0.25) is 0 Å². The molecule has 1 aliphatic heterocycles. The topological polar surface area (TPSA) is 66.8 Å². The number of ether oxygens (including phenoxy) is 1. The zero-order chi connectivity index (χ0) is 18.2. The Balaban J connectivity index is 2.00. The highest BCUT2D eigenvalue weighted by Gasteiger charge is 2.50. The number of ketones is 1. The minimum Gasteiger partial charge on any atom is -0.497 e. The van der Waals surface area contributed by atoms with Crippen molar-refractivity contribution >= 4 is 33.3 Å². The highest BCUT2D eigenvalue weighted by molar-refractivity contribution is 9.10. The van der Waals surface area contributed by atoms with E-state index < -0.39 is 11.5 Å². The Morgan fingerprint density at radius 1 is 1.24 bits per heavy atom. The molecule has 25 heavy (non-hydrogen) atoms. The summed E-state index contributed by atoms with van der Waals surface area (Å²) in [6.45, 7) is 1.67. The molecule has 5 nitrogen and oxygen atoms in total. The number of anilines is 1. The van der Waals surface area contributed by atoms with Gasteiger partial charge in [-0.2, -0.15) is 0 Å². The molecule has 0 saturated carbocycles. The van der Waals surface area contributed by atoms with E-state index in [2.05, 4.69) is 15.9 Å². The Morgan fingerprint density at radius 3 is 2.52 bits per heavy atom. The second-order valence-electron chi connectivity index (χ2n) is 6.14. The number of hydrogen-bond acceptors (Lipinski definition) is 4. The number of benzene rings is 2. The van der Waals surface area contributed by atoms with Crippen LogP contribution in [0.1, 0.15) is 24.5 Å². The number of hydrogen-bond donors (Lipinski definition) is 1. The van der Waals surface area contributed by atoms with E-state index in [0.29, 0.717) is 17.8 Å². The third kappa shape index (κ3) is 3.19. The Morgan fingerprint density at radius 2 is 1.92 bits per heavy atom. The molecule has 0 unspecified atom stereocenters. The van der Waals surface area contributed by atoms with Gasteiger partial charge >= 0.3 is 0 Å². The number of amides is 1. The predicted molar refractivity (Wildman–Crippen MR) is 97.5 cm³/mol. The van der Waals surface area contributed by atoms with Gasteiger partial charge in [0.2, 0.25) is 0 Å². The summed E-state index contributed by atoms with van der Waals surface area (Å²) in [6, 6.07) is 12.7. The predicted octanol–water partition coefficient (Wildman–Crippen LogP) is 3.17. The fourth-order valence-electron chi connectivity index (χ4n) is 3.12. The Hall–Kier alpha value is -2.18. The minimum absolute atomic E-state index is 0.242. The maximum Gasteiger partial charge on any atom is 0.264 e. The van der Waals surface area contributed by atoms with Gasteiger partial charge in [0.25, 0.3) is 5.91 Å². The van der Waals surface area contributed by atoms with Gasteiger partial charge in [-0.1, -0.05) is 28.1 Å². The molecular weight excluding hydrogens is 386 g/mol. The molecule has 2 aromatic carbocycles. The first-order chi connectivity index (χ1) is 11.8. The van der Waals surface area contributed by atoms with Gasteiger partial charge in [-0.25, -0.2) is 0 Å². The fraction of sp³-hybridized carbons (Fsp3) is 0.263. The number of halogens is 1. The molecule has 0 bridgehead atoms. The standard InChI is InChI=1S/C19H18BrNO4/c1-12(22)10-19(24)16-9-14(20)5-8-17(16)21(18(19)23)11-13-3-6-15(25-2)7-4-13/h3-9,24H,10-11H2,1-2H3/t19-/m0/s1. The van der Waals surface area contributed by atoms with E-state index in [1.807, 2.05) is 30.3 Å². The van der Waals surface area contributed by atoms with Gasteiger partial charge in [-0.15, -0.1) is 0 Å². The van der Waals surface area contributed by atoms with Crippen LogP contribution in [0.4, 0.5) is 5.69 Å². The average molecular weight is 404 g/mol. The van der Waals surface area contributed by atoms with Crippen molar-refractivity contribution in [1.29, 1.82) is 0 Å². The van der Waals surface area contributed by atoms with Crippen molar-refractivity contribution in [2.24, 2.45) is 0 Å². The normalized spacial score (nSPS) is 19.0. The van der Waals surface area contributed by atoms with E-state index in [4.69, 9.17) is 4.74 Å². The zero-order valence-corrected chi connectivity index (χ0v) is 15.5. The molecule has 0 fully saturated rings. The van der Waals surface area contributed by atoms with Crippen molar-refractivity contribution in [3.63, 3.8) is 0 Å². The minimum atomic E-state index is -1.82. The molecule has 1 atom stereocenters. The number of carbonyl (C=O) groups is 2. The number of aliphatic hydroxyl groups is 1. The van der Waals surface area contributed by atoms with Crippen LogP contribution in [0.15, 0.2) is 46.9 Å². The van der Waals surface area contributed by atoms with Crippen molar-refractivity contribution in [3.8, 4) is 5.75 Å². The van der Waals surface area contributed by atoms with E-state index in [-0.39, 0.29) is 12.2 Å². The Kier molecular flexibility index (Phi) is 4.67. The van der Waals surface area contributed by atoms with Gasteiger partial charge in [0.05, 0.1) is 19.3 Å². The van der Waals surface area contributed by atoms with Crippen LogP contribution in [-0.2, 0) is 21.7 Å². The molecule has 0 aromatic heterocycles. The van der Waals surface area contributed by atoms with E-state index in [1.165, 1.54) is 11.8 Å². The molecule has 1 amide bonds. The summed E-state index contributed by atoms with van der Waals surface area (Å²) in [5.41, 5.74) is 0.149. The van der Waals surface area contributed by atoms with Crippen LogP contribution >= 0.6 is 15.9 Å². The lowest BCUT2D eigenvalue weighted by atomic mass is 9.90. The largest absolute Gasteiger partial charge is 0.497 e. The van der Waals surface area contributed by atoms with E-state index in [1.54, 1.807) is 19.2 Å². The summed E-state index contributed by atoms with van der Waals surface area (Å²) >= 11 is 3.37. The first kappa shape index (κ1) is 17.6. The third-order valence-electron chi connectivity index (χ3n) is 4.30. The van der Waals surface area contributed by atoms with Crippen LogP contribution in [0.5, 0.6) is 5.75 Å². The van der Waals surface area contributed by atoms with Gasteiger partial charge in [0.1, 0.15) is 11.5 Å². The van der Waals surface area contributed by atoms with Gasteiger partial charge in [-0.05, 0) is 42.8 Å². The molecule has 1 N–H and O–H groups in total. The molecule has 1 aliphatic rings. The number of Topliss-reactive ketones (excluding diaryl/α,β-unsaturated/α-hetero) is 1. The Bertz CT molecular complexity index is 834. The Labute approximate surface area is 154 Å². The van der Waals surface area contributed by atoms with Crippen molar-refractivity contribution in [2.75, 3.05) is 12.0 Å². The van der Waals surface area contributed by atoms with Crippen molar-refractivity contribution < 1.29 is 19.4 Å². The molecule has 0 aliphatic carbocycles. The summed E-state index contributed by atoms with van der Waals surface area (Å²) in [6.07, 6.45) is -0.242. The molecule has 1 heterocycles. The van der Waals surface area contributed by atoms with Crippen LogP contribution in [0.25, 0.3) is 0 Å². The lowest BCUT2D eigenvalue weighted by Gasteiger charge is -2.22. The molecule has 0 radical (unpaired) electrons. The van der Waals surface area contributed by atoms with E-state index in [9.17, 15) is 14.7 Å². The highest BCUT2D eigenvalue weighted by atomic mass is 79.9. The second kappa shape index (κ2) is 6.61. The van der Waals surface area contributed by atoms with E-state index >= 15 is 0 Å². The number of methoxy groups -OCH3 is 1. The molecule has 6 heteroatoms. The maximum atomic E-state index is 12.9. The van der Waals surface area contributed by atoms with Gasteiger partial charge in [-0.3, -0.25) is 9.59 Å². The fourth-order valence-corrected chi connectivity index (χ4v) is 3.49. The molecular formula is C19H18BrNO4. The van der Waals surface area contributed by atoms with Gasteiger partial charge in [0, 0.05) is 16.5 Å². The van der Waals surface area contributed by atoms with Crippen molar-refractivity contribution in [2.45, 2.75) is 25.5 Å². The smallest absolute Gasteiger partial charge is 0.264 e. The number of fused-ring (bicyclic) bond motifs is 1. The second-order valence-corrected chi connectivity index (χ2v) is 7.06. The molecule has 2 aromatic rings. The van der Waals surface area contributed by atoms with Crippen LogP contribution in [0, 0.1) is 0 Å². The summed E-state index contributed by atoms with van der Waals surface area (Å²) in [7, 11) is 1.59. The molecule has 3 rings (SSSR count).